The van der Waals surface area contributed by atoms with Crippen molar-refractivity contribution in [1.82, 2.24) is 9.69 Å². The van der Waals surface area contributed by atoms with Crippen molar-refractivity contribution in [3.05, 3.63) is 17.1 Å². The zero-order chi connectivity index (χ0) is 13.0. The van der Waals surface area contributed by atoms with Crippen molar-refractivity contribution in [3.63, 3.8) is 0 Å². The van der Waals surface area contributed by atoms with Gasteiger partial charge in [0.15, 0.2) is 6.10 Å². The van der Waals surface area contributed by atoms with Crippen molar-refractivity contribution in [2.24, 2.45) is 0 Å². The van der Waals surface area contributed by atoms with E-state index in [4.69, 9.17) is 9.84 Å². The van der Waals surface area contributed by atoms with Crippen LogP contribution in [0, 0.1) is 0 Å². The molecule has 0 spiro atoms. The second-order valence-corrected chi connectivity index (χ2v) is 4.78. The SMILES string of the molecule is O=C(NC[C@H]1CCC[C@@H](C(=O)O)O1)c1ccsn1. The van der Waals surface area contributed by atoms with E-state index < -0.39 is 12.1 Å². The van der Waals surface area contributed by atoms with E-state index in [1.54, 1.807) is 11.4 Å². The number of hydrogen-bond donors (Lipinski definition) is 2. The summed E-state index contributed by atoms with van der Waals surface area (Å²) in [7, 11) is 0. The van der Waals surface area contributed by atoms with Crippen molar-refractivity contribution < 1.29 is 19.4 Å². The number of hydrogen-bond acceptors (Lipinski definition) is 5. The molecule has 0 aliphatic carbocycles. The Kier molecular flexibility index (Phi) is 4.27. The van der Waals surface area contributed by atoms with E-state index >= 15 is 0 Å². The van der Waals surface area contributed by atoms with Crippen LogP contribution in [-0.4, -0.2) is 40.1 Å². The predicted octanol–water partition coefficient (Wildman–Crippen LogP) is 0.895. The molecule has 1 aromatic heterocycles. The number of nitrogens with zero attached hydrogens (tertiary/aromatic N) is 1. The molecule has 6 nitrogen and oxygen atoms in total. The van der Waals surface area contributed by atoms with Crippen molar-refractivity contribution in [2.45, 2.75) is 31.5 Å². The lowest BCUT2D eigenvalue weighted by Crippen LogP contribution is -2.40. The van der Waals surface area contributed by atoms with Crippen molar-refractivity contribution in [3.8, 4) is 0 Å². The maximum absolute atomic E-state index is 11.6. The van der Waals surface area contributed by atoms with Gasteiger partial charge >= 0.3 is 5.97 Å². The van der Waals surface area contributed by atoms with Crippen LogP contribution in [0.25, 0.3) is 0 Å². The smallest absolute Gasteiger partial charge is 0.332 e. The lowest BCUT2D eigenvalue weighted by molar-refractivity contribution is -0.158. The van der Waals surface area contributed by atoms with E-state index in [1.165, 1.54) is 11.5 Å². The molecule has 98 valence electrons. The molecular weight excluding hydrogens is 256 g/mol. The van der Waals surface area contributed by atoms with E-state index in [0.717, 1.165) is 12.8 Å². The van der Waals surface area contributed by atoms with Gasteiger partial charge < -0.3 is 15.2 Å². The van der Waals surface area contributed by atoms with E-state index in [0.29, 0.717) is 18.7 Å². The molecule has 2 atom stereocenters. The average Bonchev–Trinajstić information content (AvgIpc) is 2.90. The Morgan fingerprint density at radius 1 is 1.56 bits per heavy atom. The topological polar surface area (TPSA) is 88.5 Å². The van der Waals surface area contributed by atoms with Gasteiger partial charge in [-0.15, -0.1) is 0 Å². The zero-order valence-corrected chi connectivity index (χ0v) is 10.5. The van der Waals surface area contributed by atoms with Gasteiger partial charge in [0.2, 0.25) is 0 Å². The lowest BCUT2D eigenvalue weighted by atomic mass is 10.0. The first-order chi connectivity index (χ1) is 8.66. The number of nitrogens with one attached hydrogen (secondary N) is 1. The highest BCUT2D eigenvalue weighted by Crippen LogP contribution is 2.18. The zero-order valence-electron chi connectivity index (χ0n) is 9.67. The van der Waals surface area contributed by atoms with Crippen LogP contribution in [0.4, 0.5) is 0 Å². The minimum atomic E-state index is -0.939. The summed E-state index contributed by atoms with van der Waals surface area (Å²) in [5.41, 5.74) is 0.380. The molecule has 2 heterocycles. The molecule has 1 aliphatic rings. The van der Waals surface area contributed by atoms with Crippen LogP contribution in [0.3, 0.4) is 0 Å². The van der Waals surface area contributed by atoms with Gasteiger partial charge in [0.25, 0.3) is 5.91 Å². The molecular formula is C11H14N2O4S. The summed E-state index contributed by atoms with van der Waals surface area (Å²) < 4.78 is 9.30. The summed E-state index contributed by atoms with van der Waals surface area (Å²) in [6.07, 6.45) is 1.11. The Labute approximate surface area is 108 Å². The molecule has 0 radical (unpaired) electrons. The number of rotatable bonds is 4. The van der Waals surface area contributed by atoms with Crippen LogP contribution in [-0.2, 0) is 9.53 Å². The summed E-state index contributed by atoms with van der Waals surface area (Å²) in [5, 5.41) is 13.3. The molecule has 0 saturated carbocycles. The minimum Gasteiger partial charge on any atom is -0.479 e. The highest BCUT2D eigenvalue weighted by atomic mass is 32.1. The van der Waals surface area contributed by atoms with Gasteiger partial charge in [0, 0.05) is 11.9 Å². The second kappa shape index (κ2) is 5.92. The third kappa shape index (κ3) is 3.27. The Morgan fingerprint density at radius 3 is 3.06 bits per heavy atom. The first-order valence-corrected chi connectivity index (χ1v) is 6.57. The molecule has 2 rings (SSSR count). The highest BCUT2D eigenvalue weighted by Gasteiger charge is 2.27. The standard InChI is InChI=1S/C11H14N2O4S/c14-10(8-4-5-18-13-8)12-6-7-2-1-3-9(17-7)11(15)16/h4-5,7,9H,1-3,6H2,(H,12,14)(H,15,16)/t7-,9+/m1/s1. The van der Waals surface area contributed by atoms with Crippen LogP contribution >= 0.6 is 11.5 Å². The Balaban J connectivity index is 1.80. The van der Waals surface area contributed by atoms with Gasteiger partial charge in [-0.25, -0.2) is 4.79 Å². The van der Waals surface area contributed by atoms with Gasteiger partial charge in [-0.1, -0.05) is 0 Å². The van der Waals surface area contributed by atoms with Gasteiger partial charge in [-0.3, -0.25) is 4.79 Å². The van der Waals surface area contributed by atoms with Crippen LogP contribution in [0.1, 0.15) is 29.8 Å². The second-order valence-electron chi connectivity index (χ2n) is 4.11. The molecule has 7 heteroatoms. The Morgan fingerprint density at radius 2 is 2.39 bits per heavy atom. The van der Waals surface area contributed by atoms with Crippen LogP contribution < -0.4 is 5.32 Å². The normalized spacial score (nSPS) is 23.6. The van der Waals surface area contributed by atoms with Gasteiger partial charge in [-0.05, 0) is 36.9 Å². The number of aliphatic carboxylic acids is 1. The van der Waals surface area contributed by atoms with Crippen molar-refractivity contribution in [1.29, 1.82) is 0 Å². The van der Waals surface area contributed by atoms with Crippen LogP contribution in [0.2, 0.25) is 0 Å². The number of carbonyl (C=O) groups excluding carboxylic acids is 1. The fourth-order valence-corrected chi connectivity index (χ4v) is 2.37. The summed E-state index contributed by atoms with van der Waals surface area (Å²) >= 11 is 1.21. The maximum Gasteiger partial charge on any atom is 0.332 e. The van der Waals surface area contributed by atoms with E-state index in [9.17, 15) is 9.59 Å². The number of carboxylic acid groups (broad SMARTS) is 1. The fourth-order valence-electron chi connectivity index (χ4n) is 1.86. The summed E-state index contributed by atoms with van der Waals surface area (Å²) in [6, 6.07) is 1.64. The Bertz CT molecular complexity index is 421. The van der Waals surface area contributed by atoms with Gasteiger partial charge in [0.05, 0.1) is 6.10 Å². The number of ether oxygens (including phenoxy) is 1. The fraction of sp³-hybridized carbons (Fsp3) is 0.545. The number of carboxylic acids is 1. The quantitative estimate of drug-likeness (QED) is 0.848. The lowest BCUT2D eigenvalue weighted by Gasteiger charge is -2.27. The monoisotopic (exact) mass is 270 g/mol. The summed E-state index contributed by atoms with van der Waals surface area (Å²) in [6.45, 7) is 0.320. The third-order valence-corrected chi connectivity index (χ3v) is 3.35. The maximum atomic E-state index is 11.6. The molecule has 2 N–H and O–H groups in total. The van der Waals surface area contributed by atoms with E-state index in [-0.39, 0.29) is 12.0 Å². The average molecular weight is 270 g/mol. The van der Waals surface area contributed by atoms with Crippen molar-refractivity contribution in [2.75, 3.05) is 6.54 Å². The molecule has 0 bridgehead atoms. The number of carbonyl (C=O) groups is 2. The number of aromatic nitrogens is 1. The van der Waals surface area contributed by atoms with Gasteiger partial charge in [-0.2, -0.15) is 4.37 Å². The predicted molar refractivity (Wildman–Crippen MR) is 64.6 cm³/mol. The van der Waals surface area contributed by atoms with Crippen LogP contribution in [0.5, 0.6) is 0 Å². The van der Waals surface area contributed by atoms with Gasteiger partial charge in [0.1, 0.15) is 5.69 Å². The molecule has 0 aromatic carbocycles. The summed E-state index contributed by atoms with van der Waals surface area (Å²) in [5.74, 6) is -1.19. The van der Waals surface area contributed by atoms with E-state index in [1.807, 2.05) is 0 Å². The van der Waals surface area contributed by atoms with E-state index in [2.05, 4.69) is 9.69 Å². The molecule has 1 fully saturated rings. The largest absolute Gasteiger partial charge is 0.479 e. The molecule has 1 aliphatic heterocycles. The third-order valence-electron chi connectivity index (χ3n) is 2.79. The minimum absolute atomic E-state index is 0.234. The molecule has 1 aromatic rings. The molecule has 1 amide bonds. The number of amides is 1. The first-order valence-electron chi connectivity index (χ1n) is 5.73. The molecule has 18 heavy (non-hydrogen) atoms. The molecule has 0 unspecified atom stereocenters. The van der Waals surface area contributed by atoms with Crippen molar-refractivity contribution >= 4 is 23.4 Å². The first kappa shape index (κ1) is 13.0. The highest BCUT2D eigenvalue weighted by molar-refractivity contribution is 7.03. The Hall–Kier alpha value is -1.47. The van der Waals surface area contributed by atoms with Crippen LogP contribution in [0.15, 0.2) is 11.4 Å². The summed E-state index contributed by atoms with van der Waals surface area (Å²) in [4.78, 5) is 22.4. The molecule has 1 saturated heterocycles.